The number of anilines is 1. The molecule has 16 heavy (non-hydrogen) atoms. The second-order valence-electron chi connectivity index (χ2n) is 4.84. The summed E-state index contributed by atoms with van der Waals surface area (Å²) in [5, 5.41) is 0.649. The van der Waals surface area contributed by atoms with Crippen molar-refractivity contribution in [2.75, 3.05) is 11.4 Å². The molecule has 0 radical (unpaired) electrons. The lowest BCUT2D eigenvalue weighted by atomic mass is 10.0. The van der Waals surface area contributed by atoms with Crippen molar-refractivity contribution in [1.29, 1.82) is 0 Å². The zero-order valence-corrected chi connectivity index (χ0v) is 11.1. The van der Waals surface area contributed by atoms with E-state index in [0.717, 1.165) is 17.9 Å². The number of aromatic nitrogens is 1. The van der Waals surface area contributed by atoms with Crippen LogP contribution in [0.1, 0.15) is 32.3 Å². The van der Waals surface area contributed by atoms with Gasteiger partial charge in [-0.3, -0.25) is 0 Å². The summed E-state index contributed by atoms with van der Waals surface area (Å²) in [4.78, 5) is 6.73. The maximum absolute atomic E-state index is 6.01. The molecule has 0 saturated carbocycles. The van der Waals surface area contributed by atoms with Crippen molar-refractivity contribution in [1.82, 2.24) is 4.98 Å². The van der Waals surface area contributed by atoms with Crippen molar-refractivity contribution in [3.63, 3.8) is 0 Å². The molecular formula is C12H16Cl2N2. The van der Waals surface area contributed by atoms with Gasteiger partial charge in [-0.25, -0.2) is 4.98 Å². The highest BCUT2D eigenvalue weighted by Gasteiger charge is 2.32. The van der Waals surface area contributed by atoms with Crippen LogP contribution in [0.15, 0.2) is 12.3 Å². The summed E-state index contributed by atoms with van der Waals surface area (Å²) in [5.41, 5.74) is 1.14. The number of hydrogen-bond acceptors (Lipinski definition) is 2. The van der Waals surface area contributed by atoms with Crippen molar-refractivity contribution in [3.05, 3.63) is 22.8 Å². The van der Waals surface area contributed by atoms with E-state index in [9.17, 15) is 0 Å². The zero-order valence-electron chi connectivity index (χ0n) is 9.63. The van der Waals surface area contributed by atoms with Gasteiger partial charge in [0.15, 0.2) is 0 Å². The molecule has 2 heterocycles. The highest BCUT2D eigenvalue weighted by molar-refractivity contribution is 6.32. The van der Waals surface area contributed by atoms with Crippen molar-refractivity contribution >= 4 is 29.0 Å². The van der Waals surface area contributed by atoms with Crippen LogP contribution in [0.3, 0.4) is 0 Å². The summed E-state index contributed by atoms with van der Waals surface area (Å²) < 4.78 is 0. The monoisotopic (exact) mass is 258 g/mol. The Kier molecular flexibility index (Phi) is 3.32. The first kappa shape index (κ1) is 12.0. The molecular weight excluding hydrogens is 243 g/mol. The summed E-state index contributed by atoms with van der Waals surface area (Å²) in [6, 6.07) is 2.00. The van der Waals surface area contributed by atoms with Crippen molar-refractivity contribution in [3.8, 4) is 0 Å². The van der Waals surface area contributed by atoms with Crippen LogP contribution in [0.2, 0.25) is 5.02 Å². The normalized spacial score (nSPS) is 19.1. The minimum Gasteiger partial charge on any atom is -0.351 e. The Morgan fingerprint density at radius 2 is 2.25 bits per heavy atom. The predicted molar refractivity (Wildman–Crippen MR) is 69.5 cm³/mol. The first-order chi connectivity index (χ1) is 7.54. The van der Waals surface area contributed by atoms with Crippen LogP contribution >= 0.6 is 23.2 Å². The molecule has 0 amide bonds. The smallest absolute Gasteiger partial charge is 0.129 e. The van der Waals surface area contributed by atoms with Crippen LogP contribution in [0.5, 0.6) is 0 Å². The average Bonchev–Trinajstić information content (AvgIpc) is 2.59. The molecule has 1 fully saturated rings. The first-order valence-electron chi connectivity index (χ1n) is 5.52. The molecule has 1 aliphatic rings. The van der Waals surface area contributed by atoms with E-state index in [2.05, 4.69) is 23.7 Å². The molecule has 0 bridgehead atoms. The van der Waals surface area contributed by atoms with Gasteiger partial charge in [0.25, 0.3) is 0 Å². The van der Waals surface area contributed by atoms with Gasteiger partial charge in [-0.2, -0.15) is 0 Å². The molecule has 1 saturated heterocycles. The molecule has 0 unspecified atom stereocenters. The zero-order chi connectivity index (χ0) is 11.8. The van der Waals surface area contributed by atoms with Crippen LogP contribution in [-0.4, -0.2) is 17.1 Å². The summed E-state index contributed by atoms with van der Waals surface area (Å²) in [6.07, 6.45) is 4.12. The van der Waals surface area contributed by atoms with Gasteiger partial charge in [0.1, 0.15) is 5.82 Å². The van der Waals surface area contributed by atoms with E-state index in [4.69, 9.17) is 23.2 Å². The quantitative estimate of drug-likeness (QED) is 0.750. The van der Waals surface area contributed by atoms with Gasteiger partial charge < -0.3 is 4.90 Å². The van der Waals surface area contributed by atoms with Gasteiger partial charge in [-0.05, 0) is 38.3 Å². The summed E-state index contributed by atoms with van der Waals surface area (Å²) in [5.74, 6) is 1.42. The Morgan fingerprint density at radius 1 is 1.50 bits per heavy atom. The summed E-state index contributed by atoms with van der Waals surface area (Å²) >= 11 is 11.9. The van der Waals surface area contributed by atoms with Crippen molar-refractivity contribution < 1.29 is 0 Å². The Morgan fingerprint density at radius 3 is 2.81 bits per heavy atom. The van der Waals surface area contributed by atoms with E-state index in [1.807, 2.05) is 6.07 Å². The van der Waals surface area contributed by atoms with Crippen LogP contribution < -0.4 is 4.90 Å². The third-order valence-corrected chi connectivity index (χ3v) is 3.87. The van der Waals surface area contributed by atoms with Gasteiger partial charge in [0.05, 0.1) is 5.02 Å². The molecule has 2 rings (SSSR count). The lowest BCUT2D eigenvalue weighted by molar-refractivity contribution is 0.514. The maximum atomic E-state index is 6.01. The number of rotatable bonds is 2. The SMILES string of the molecule is CC1(C)CCCN1c1cc(CCl)c(Cl)cn1. The number of pyridine rings is 1. The van der Waals surface area contributed by atoms with Gasteiger partial charge in [-0.15, -0.1) is 11.6 Å². The van der Waals surface area contributed by atoms with Gasteiger partial charge in [0, 0.05) is 24.2 Å². The largest absolute Gasteiger partial charge is 0.351 e. The molecule has 0 aliphatic carbocycles. The fourth-order valence-electron chi connectivity index (χ4n) is 2.25. The average molecular weight is 259 g/mol. The third kappa shape index (κ3) is 2.14. The summed E-state index contributed by atoms with van der Waals surface area (Å²) in [7, 11) is 0. The molecule has 88 valence electrons. The molecule has 0 aromatic carbocycles. The van der Waals surface area contributed by atoms with Crippen LogP contribution in [0.25, 0.3) is 0 Å². The highest BCUT2D eigenvalue weighted by Crippen LogP contribution is 2.33. The second-order valence-corrected chi connectivity index (χ2v) is 5.51. The van der Waals surface area contributed by atoms with Crippen LogP contribution in [-0.2, 0) is 5.88 Å². The Hall–Kier alpha value is -0.470. The van der Waals surface area contributed by atoms with Gasteiger partial charge in [-0.1, -0.05) is 11.6 Å². The van der Waals surface area contributed by atoms with Gasteiger partial charge >= 0.3 is 0 Å². The fourth-order valence-corrected chi connectivity index (χ4v) is 2.71. The van der Waals surface area contributed by atoms with E-state index in [1.54, 1.807) is 6.20 Å². The van der Waals surface area contributed by atoms with E-state index < -0.39 is 0 Å². The van der Waals surface area contributed by atoms with E-state index in [-0.39, 0.29) is 5.54 Å². The van der Waals surface area contributed by atoms with Crippen molar-refractivity contribution in [2.45, 2.75) is 38.1 Å². The minimum absolute atomic E-state index is 0.185. The topological polar surface area (TPSA) is 16.1 Å². The number of hydrogen-bond donors (Lipinski definition) is 0. The Labute approximate surface area is 107 Å². The molecule has 1 aliphatic heterocycles. The molecule has 4 heteroatoms. The highest BCUT2D eigenvalue weighted by atomic mass is 35.5. The minimum atomic E-state index is 0.185. The fraction of sp³-hybridized carbons (Fsp3) is 0.583. The van der Waals surface area contributed by atoms with E-state index in [0.29, 0.717) is 10.9 Å². The molecule has 0 N–H and O–H groups in total. The number of alkyl halides is 1. The number of halogens is 2. The van der Waals surface area contributed by atoms with Crippen LogP contribution in [0.4, 0.5) is 5.82 Å². The van der Waals surface area contributed by atoms with Gasteiger partial charge in [0.2, 0.25) is 0 Å². The molecule has 1 aromatic rings. The molecule has 1 aromatic heterocycles. The molecule has 0 atom stereocenters. The predicted octanol–water partition coefficient (Wildman–Crippen LogP) is 3.85. The Balaban J connectivity index is 2.34. The molecule has 0 spiro atoms. The third-order valence-electron chi connectivity index (χ3n) is 3.24. The van der Waals surface area contributed by atoms with E-state index >= 15 is 0 Å². The first-order valence-corrected chi connectivity index (χ1v) is 6.44. The van der Waals surface area contributed by atoms with Crippen molar-refractivity contribution in [2.24, 2.45) is 0 Å². The molecule has 2 nitrogen and oxygen atoms in total. The maximum Gasteiger partial charge on any atom is 0.129 e. The van der Waals surface area contributed by atoms with E-state index in [1.165, 1.54) is 12.8 Å². The second kappa shape index (κ2) is 4.42. The lowest BCUT2D eigenvalue weighted by Crippen LogP contribution is -2.38. The Bertz CT molecular complexity index is 391. The number of nitrogens with zero attached hydrogens (tertiary/aromatic N) is 2. The summed E-state index contributed by atoms with van der Waals surface area (Å²) in [6.45, 7) is 5.55. The standard InChI is InChI=1S/C12H16Cl2N2/c1-12(2)4-3-5-16(12)11-6-9(7-13)10(14)8-15-11/h6,8H,3-5,7H2,1-2H3. The lowest BCUT2D eigenvalue weighted by Gasteiger charge is -2.32. The van der Waals surface area contributed by atoms with Crippen LogP contribution in [0, 0.1) is 0 Å².